The molecule has 1 heterocycles. The zero-order valence-corrected chi connectivity index (χ0v) is 9.74. The summed E-state index contributed by atoms with van der Waals surface area (Å²) >= 11 is 0. The summed E-state index contributed by atoms with van der Waals surface area (Å²) < 4.78 is 0. The number of Topliss-reactive ketones (excluding diaryl/α,β-unsaturated/α-hetero) is 1. The molecule has 1 aromatic carbocycles. The Morgan fingerprint density at radius 1 is 1.18 bits per heavy atom. The summed E-state index contributed by atoms with van der Waals surface area (Å²) in [5.74, 6) is -1.77. The molecule has 0 bridgehead atoms. The normalized spacial score (nSPS) is 16.5. The summed E-state index contributed by atoms with van der Waals surface area (Å²) in [7, 11) is 0. The van der Waals surface area contributed by atoms with Crippen molar-refractivity contribution in [2.75, 3.05) is 0 Å². The third kappa shape index (κ3) is 1.75. The molecule has 2 amide bonds. The van der Waals surface area contributed by atoms with Crippen molar-refractivity contribution in [1.29, 1.82) is 0 Å². The van der Waals surface area contributed by atoms with Crippen molar-refractivity contribution >= 4 is 17.6 Å². The summed E-state index contributed by atoms with van der Waals surface area (Å²) in [4.78, 5) is 34.7. The predicted molar refractivity (Wildman–Crippen MR) is 62.0 cm³/mol. The second-order valence-electron chi connectivity index (χ2n) is 4.19. The van der Waals surface area contributed by atoms with E-state index in [4.69, 9.17) is 0 Å². The topological polar surface area (TPSA) is 63.2 Å². The molecule has 0 aliphatic carbocycles. The number of rotatable bonds is 2. The molecule has 4 nitrogen and oxygen atoms in total. The lowest BCUT2D eigenvalue weighted by Gasteiger charge is -2.20. The highest BCUT2D eigenvalue weighted by molar-refractivity contribution is 6.49. The number of amides is 2. The minimum Gasteiger partial charge on any atom is -0.285 e. The lowest BCUT2D eigenvalue weighted by atomic mass is 9.87. The molecule has 0 radical (unpaired) electrons. The second kappa shape index (κ2) is 4.13. The number of nitrogens with one attached hydrogen (secondary N) is 1. The van der Waals surface area contributed by atoms with Crippen molar-refractivity contribution in [2.45, 2.75) is 26.2 Å². The van der Waals surface area contributed by atoms with E-state index >= 15 is 0 Å². The average Bonchev–Trinajstić information content (AvgIpc) is 2.34. The van der Waals surface area contributed by atoms with Gasteiger partial charge in [-0.1, -0.05) is 32.0 Å². The number of ketones is 1. The third-order valence-corrected chi connectivity index (χ3v) is 3.14. The second-order valence-corrected chi connectivity index (χ2v) is 4.19. The first-order valence-electron chi connectivity index (χ1n) is 5.59. The molecule has 1 aromatic rings. The van der Waals surface area contributed by atoms with Gasteiger partial charge in [-0.3, -0.25) is 19.7 Å². The van der Waals surface area contributed by atoms with Crippen LogP contribution in [-0.2, 0) is 4.79 Å². The van der Waals surface area contributed by atoms with Crippen molar-refractivity contribution in [3.05, 3.63) is 34.9 Å². The van der Waals surface area contributed by atoms with Gasteiger partial charge in [0.1, 0.15) is 0 Å². The molecular weight excluding hydrogens is 218 g/mol. The van der Waals surface area contributed by atoms with E-state index in [1.807, 2.05) is 19.9 Å². The van der Waals surface area contributed by atoms with Crippen LogP contribution in [0.4, 0.5) is 0 Å². The highest BCUT2D eigenvalue weighted by Gasteiger charge is 2.32. The fourth-order valence-electron chi connectivity index (χ4n) is 1.99. The van der Waals surface area contributed by atoms with Gasteiger partial charge in [0.25, 0.3) is 17.6 Å². The van der Waals surface area contributed by atoms with Crippen LogP contribution in [0.5, 0.6) is 0 Å². The van der Waals surface area contributed by atoms with Gasteiger partial charge in [-0.2, -0.15) is 0 Å². The van der Waals surface area contributed by atoms with E-state index in [9.17, 15) is 14.4 Å². The highest BCUT2D eigenvalue weighted by atomic mass is 16.2. The summed E-state index contributed by atoms with van der Waals surface area (Å²) in [5.41, 5.74) is 1.39. The zero-order valence-electron chi connectivity index (χ0n) is 9.74. The first-order chi connectivity index (χ1) is 8.06. The van der Waals surface area contributed by atoms with E-state index in [-0.39, 0.29) is 11.5 Å². The highest BCUT2D eigenvalue weighted by Crippen LogP contribution is 2.27. The number of carbonyl (C=O) groups is 3. The van der Waals surface area contributed by atoms with Crippen LogP contribution in [0.15, 0.2) is 18.2 Å². The van der Waals surface area contributed by atoms with Crippen LogP contribution in [0.2, 0.25) is 0 Å². The van der Waals surface area contributed by atoms with Crippen LogP contribution in [-0.4, -0.2) is 17.6 Å². The Balaban J connectivity index is 2.65. The number of imide groups is 1. The molecule has 0 saturated carbocycles. The van der Waals surface area contributed by atoms with Crippen LogP contribution < -0.4 is 5.32 Å². The molecule has 4 heteroatoms. The lowest BCUT2D eigenvalue weighted by molar-refractivity contribution is -0.116. The lowest BCUT2D eigenvalue weighted by Crippen LogP contribution is -2.42. The molecule has 0 fully saturated rings. The van der Waals surface area contributed by atoms with Crippen molar-refractivity contribution in [3.8, 4) is 0 Å². The van der Waals surface area contributed by atoms with Crippen molar-refractivity contribution in [2.24, 2.45) is 0 Å². The molecule has 0 aromatic heterocycles. The van der Waals surface area contributed by atoms with Gasteiger partial charge in [0.2, 0.25) is 0 Å². The van der Waals surface area contributed by atoms with E-state index in [1.54, 1.807) is 6.07 Å². The molecule has 0 spiro atoms. The van der Waals surface area contributed by atoms with Crippen LogP contribution in [0.3, 0.4) is 0 Å². The van der Waals surface area contributed by atoms with Crippen LogP contribution >= 0.6 is 0 Å². The van der Waals surface area contributed by atoms with Crippen molar-refractivity contribution < 1.29 is 14.4 Å². The minimum atomic E-state index is -0.844. The van der Waals surface area contributed by atoms with Gasteiger partial charge in [0.05, 0.1) is 5.56 Å². The SMILES string of the molecule is CCC(C)c1cccc2c1C(=O)NC(=O)C2=O. The van der Waals surface area contributed by atoms with Crippen LogP contribution in [0.1, 0.15) is 52.5 Å². The average molecular weight is 231 g/mol. The fraction of sp³-hybridized carbons (Fsp3) is 0.308. The Bertz CT molecular complexity index is 519. The Labute approximate surface area is 99.0 Å². The summed E-state index contributed by atoms with van der Waals surface area (Å²) in [5, 5.41) is 2.08. The Morgan fingerprint density at radius 3 is 2.53 bits per heavy atom. The summed E-state index contributed by atoms with van der Waals surface area (Å²) in [6.45, 7) is 4.00. The maximum absolute atomic E-state index is 11.8. The first-order valence-corrected chi connectivity index (χ1v) is 5.59. The van der Waals surface area contributed by atoms with Gasteiger partial charge in [-0.05, 0) is 17.9 Å². The Kier molecular flexibility index (Phi) is 2.79. The van der Waals surface area contributed by atoms with Crippen LogP contribution in [0.25, 0.3) is 0 Å². The van der Waals surface area contributed by atoms with E-state index in [0.717, 1.165) is 12.0 Å². The molecule has 1 unspecified atom stereocenters. The zero-order chi connectivity index (χ0) is 12.6. The number of benzene rings is 1. The number of hydrogen-bond donors (Lipinski definition) is 1. The standard InChI is InChI=1S/C13H13NO3/c1-3-7(2)8-5-4-6-9-10(8)12(16)14-13(17)11(9)15/h4-7H,3H2,1-2H3,(H,14,16,17). The van der Waals surface area contributed by atoms with Gasteiger partial charge >= 0.3 is 0 Å². The number of carbonyl (C=O) groups excluding carboxylic acids is 3. The molecule has 0 saturated heterocycles. The quantitative estimate of drug-likeness (QED) is 0.621. The molecule has 1 aliphatic rings. The Morgan fingerprint density at radius 2 is 1.88 bits per heavy atom. The minimum absolute atomic E-state index is 0.178. The molecule has 17 heavy (non-hydrogen) atoms. The molecular formula is C13H13NO3. The van der Waals surface area contributed by atoms with Crippen molar-refractivity contribution in [1.82, 2.24) is 5.32 Å². The molecule has 2 rings (SSSR count). The van der Waals surface area contributed by atoms with Gasteiger partial charge in [0.15, 0.2) is 0 Å². The fourth-order valence-corrected chi connectivity index (χ4v) is 1.99. The Hall–Kier alpha value is -1.97. The molecule has 1 N–H and O–H groups in total. The van der Waals surface area contributed by atoms with Gasteiger partial charge in [-0.25, -0.2) is 0 Å². The van der Waals surface area contributed by atoms with E-state index in [1.165, 1.54) is 6.07 Å². The largest absolute Gasteiger partial charge is 0.299 e. The number of hydrogen-bond acceptors (Lipinski definition) is 3. The van der Waals surface area contributed by atoms with Gasteiger partial charge in [-0.15, -0.1) is 0 Å². The monoisotopic (exact) mass is 231 g/mol. The number of fused-ring (bicyclic) bond motifs is 1. The predicted octanol–water partition coefficient (Wildman–Crippen LogP) is 1.65. The maximum Gasteiger partial charge on any atom is 0.299 e. The van der Waals surface area contributed by atoms with E-state index < -0.39 is 17.6 Å². The van der Waals surface area contributed by atoms with Crippen molar-refractivity contribution in [3.63, 3.8) is 0 Å². The maximum atomic E-state index is 11.8. The summed E-state index contributed by atoms with van der Waals surface area (Å²) in [6.07, 6.45) is 0.867. The van der Waals surface area contributed by atoms with Gasteiger partial charge < -0.3 is 0 Å². The molecule has 1 atom stereocenters. The first kappa shape index (κ1) is 11.5. The van der Waals surface area contributed by atoms with Gasteiger partial charge in [0, 0.05) is 5.56 Å². The molecule has 1 aliphatic heterocycles. The molecule has 88 valence electrons. The van der Waals surface area contributed by atoms with E-state index in [2.05, 4.69) is 5.32 Å². The van der Waals surface area contributed by atoms with Crippen LogP contribution in [0, 0.1) is 0 Å². The smallest absolute Gasteiger partial charge is 0.285 e. The third-order valence-electron chi connectivity index (χ3n) is 3.14. The van der Waals surface area contributed by atoms with E-state index in [0.29, 0.717) is 5.56 Å². The summed E-state index contributed by atoms with van der Waals surface area (Å²) in [6, 6.07) is 5.07.